The van der Waals surface area contributed by atoms with Crippen molar-refractivity contribution < 1.29 is 0 Å². The van der Waals surface area contributed by atoms with E-state index in [1.54, 1.807) is 6.33 Å². The van der Waals surface area contributed by atoms with Crippen LogP contribution in [0.5, 0.6) is 0 Å². The third-order valence-corrected chi connectivity index (χ3v) is 11.5. The van der Waals surface area contributed by atoms with E-state index in [9.17, 15) is 0 Å². The van der Waals surface area contributed by atoms with E-state index in [1.165, 1.54) is 41.1 Å². The number of rotatable bonds is 2. The summed E-state index contributed by atoms with van der Waals surface area (Å²) < 4.78 is 4.01. The van der Waals surface area contributed by atoms with Gasteiger partial charge >= 0.3 is 191 Å². The van der Waals surface area contributed by atoms with Crippen molar-refractivity contribution in [2.45, 2.75) is 43.5 Å². The van der Waals surface area contributed by atoms with Crippen LogP contribution in [-0.2, 0) is 5.41 Å². The van der Waals surface area contributed by atoms with Gasteiger partial charge in [-0.15, -0.1) is 0 Å². The van der Waals surface area contributed by atoms with Crippen molar-refractivity contribution in [3.05, 3.63) is 66.5 Å². The molecule has 3 aromatic carbocycles. The third kappa shape index (κ3) is 3.58. The Hall–Kier alpha value is -2.24. The van der Waals surface area contributed by atoms with Gasteiger partial charge in [-0.3, -0.25) is 0 Å². The molecule has 2 aromatic heterocycles. The molecule has 0 atom stereocenters. The second-order valence-electron chi connectivity index (χ2n) is 10.5. The topological polar surface area (TPSA) is 25.8 Å². The van der Waals surface area contributed by atoms with E-state index in [0.29, 0.717) is 0 Å². The Morgan fingerprint density at radius 2 is 1.61 bits per heavy atom. The average molecular weight is 485 g/mol. The summed E-state index contributed by atoms with van der Waals surface area (Å²) >= 11 is -0.259. The first kappa shape index (κ1) is 20.7. The zero-order valence-corrected chi connectivity index (χ0v) is 22.0. The van der Waals surface area contributed by atoms with E-state index >= 15 is 0 Å². The summed E-state index contributed by atoms with van der Waals surface area (Å²) in [5, 5.41) is 3.93. The fourth-order valence-electron chi connectivity index (χ4n) is 4.31. The number of aromatic nitrogens is 2. The van der Waals surface area contributed by atoms with Crippen molar-refractivity contribution in [1.29, 1.82) is 0 Å². The number of fused-ring (bicyclic) bond motifs is 4. The molecule has 156 valence electrons. The molecule has 0 bridgehead atoms. The van der Waals surface area contributed by atoms with Gasteiger partial charge in [-0.25, -0.2) is 0 Å². The standard InChI is InChI=1S/C27H28GeN2S/c1-27(2,3)19-11-12-21-23(15-19)31-26-24(29-16-30-25(21)26)18-13-17-9-7-8-10-20(17)22(14-18)28(4,5)6/h7-16H,1-6H3. The molecule has 0 spiro atoms. The van der Waals surface area contributed by atoms with Crippen LogP contribution < -0.4 is 4.40 Å². The second kappa shape index (κ2) is 7.14. The first-order valence-electron chi connectivity index (χ1n) is 10.8. The van der Waals surface area contributed by atoms with Gasteiger partial charge in [0.25, 0.3) is 0 Å². The van der Waals surface area contributed by atoms with Crippen molar-refractivity contribution >= 4 is 60.1 Å². The van der Waals surface area contributed by atoms with Crippen molar-refractivity contribution in [2.24, 2.45) is 0 Å². The Labute approximate surface area is 190 Å². The van der Waals surface area contributed by atoms with E-state index < -0.39 is 13.3 Å². The van der Waals surface area contributed by atoms with Gasteiger partial charge in [-0.2, -0.15) is 0 Å². The normalized spacial score (nSPS) is 12.8. The van der Waals surface area contributed by atoms with E-state index in [4.69, 9.17) is 9.97 Å². The van der Waals surface area contributed by atoms with E-state index in [-0.39, 0.29) is 5.41 Å². The van der Waals surface area contributed by atoms with Crippen LogP contribution in [0.4, 0.5) is 0 Å². The second-order valence-corrected chi connectivity index (χ2v) is 22.1. The summed E-state index contributed by atoms with van der Waals surface area (Å²) in [6.07, 6.45) is 1.73. The number of hydrogen-bond acceptors (Lipinski definition) is 3. The van der Waals surface area contributed by atoms with Crippen molar-refractivity contribution in [3.63, 3.8) is 0 Å². The zero-order chi connectivity index (χ0) is 22.0. The van der Waals surface area contributed by atoms with Crippen LogP contribution in [0.25, 0.3) is 42.3 Å². The van der Waals surface area contributed by atoms with Gasteiger partial charge < -0.3 is 0 Å². The number of nitrogens with zero attached hydrogens (tertiary/aromatic N) is 2. The molecule has 31 heavy (non-hydrogen) atoms. The van der Waals surface area contributed by atoms with Gasteiger partial charge in [0, 0.05) is 0 Å². The van der Waals surface area contributed by atoms with Crippen LogP contribution >= 0.6 is 11.3 Å². The Balaban J connectivity index is 1.80. The minimum atomic E-state index is -2.08. The molecule has 0 saturated carbocycles. The van der Waals surface area contributed by atoms with Gasteiger partial charge in [0.1, 0.15) is 0 Å². The summed E-state index contributed by atoms with van der Waals surface area (Å²) in [5.41, 5.74) is 4.82. The van der Waals surface area contributed by atoms with Crippen molar-refractivity contribution in [2.75, 3.05) is 0 Å². The first-order chi connectivity index (χ1) is 14.6. The molecule has 2 nitrogen and oxygen atoms in total. The molecular formula is C27H28GeN2S. The molecule has 0 fully saturated rings. The summed E-state index contributed by atoms with van der Waals surface area (Å²) in [5.74, 6) is 7.40. The van der Waals surface area contributed by atoms with Gasteiger partial charge in [0.2, 0.25) is 0 Å². The summed E-state index contributed by atoms with van der Waals surface area (Å²) in [6, 6.07) is 20.3. The van der Waals surface area contributed by atoms with Crippen LogP contribution in [-0.4, -0.2) is 23.2 Å². The summed E-state index contributed by atoms with van der Waals surface area (Å²) in [7, 11) is 0. The van der Waals surface area contributed by atoms with Crippen LogP contribution in [0, 0.1) is 0 Å². The molecule has 0 N–H and O–H groups in total. The van der Waals surface area contributed by atoms with Crippen LogP contribution in [0.3, 0.4) is 0 Å². The van der Waals surface area contributed by atoms with Gasteiger partial charge in [-0.05, 0) is 0 Å². The predicted molar refractivity (Wildman–Crippen MR) is 140 cm³/mol. The molecular weight excluding hydrogens is 457 g/mol. The third-order valence-electron chi connectivity index (χ3n) is 6.06. The van der Waals surface area contributed by atoms with Gasteiger partial charge in [0.15, 0.2) is 0 Å². The molecule has 0 radical (unpaired) electrons. The van der Waals surface area contributed by atoms with E-state index in [0.717, 1.165) is 11.2 Å². The molecule has 4 heteroatoms. The first-order valence-corrected chi connectivity index (χ1v) is 19.0. The number of hydrogen-bond donors (Lipinski definition) is 0. The molecule has 0 aliphatic carbocycles. The fourth-order valence-corrected chi connectivity index (χ4v) is 8.93. The average Bonchev–Trinajstić information content (AvgIpc) is 3.09. The molecule has 0 aliphatic heterocycles. The molecule has 2 heterocycles. The molecule has 0 saturated heterocycles. The SMILES string of the molecule is CC(C)(C)c1ccc2c(c1)sc1c(-c3c[c]([Ge]([CH3])([CH3])[CH3])c4ccccc4c3)ncnc12. The Bertz CT molecular complexity index is 1450. The minimum absolute atomic E-state index is 0.130. The Morgan fingerprint density at radius 1 is 0.839 bits per heavy atom. The predicted octanol–water partition coefficient (Wildman–Crippen LogP) is 7.51. The summed E-state index contributed by atoms with van der Waals surface area (Å²) in [4.78, 5) is 9.49. The fraction of sp³-hybridized carbons (Fsp3) is 0.259. The van der Waals surface area contributed by atoms with Crippen molar-refractivity contribution in [3.8, 4) is 11.3 Å². The monoisotopic (exact) mass is 486 g/mol. The van der Waals surface area contributed by atoms with Crippen molar-refractivity contribution in [1.82, 2.24) is 9.97 Å². The zero-order valence-electron chi connectivity index (χ0n) is 19.1. The van der Waals surface area contributed by atoms with Crippen LogP contribution in [0.2, 0.25) is 17.3 Å². The Morgan fingerprint density at radius 3 is 2.35 bits per heavy atom. The number of thiophene rings is 1. The van der Waals surface area contributed by atoms with Crippen LogP contribution in [0.15, 0.2) is 60.9 Å². The quantitative estimate of drug-likeness (QED) is 0.242. The van der Waals surface area contributed by atoms with Gasteiger partial charge in [-0.1, -0.05) is 0 Å². The van der Waals surface area contributed by atoms with E-state index in [2.05, 4.69) is 92.6 Å². The Kier molecular flexibility index (Phi) is 4.76. The molecule has 5 aromatic rings. The summed E-state index contributed by atoms with van der Waals surface area (Å²) in [6.45, 7) is 6.79. The number of benzene rings is 3. The molecule has 0 unspecified atom stereocenters. The maximum atomic E-state index is 4.79. The molecule has 5 rings (SSSR count). The molecule has 0 aliphatic rings. The van der Waals surface area contributed by atoms with Crippen LogP contribution in [0.1, 0.15) is 26.3 Å². The van der Waals surface area contributed by atoms with Gasteiger partial charge in [0.05, 0.1) is 0 Å². The maximum absolute atomic E-state index is 4.79. The van der Waals surface area contributed by atoms with E-state index in [1.807, 2.05) is 11.3 Å². The molecule has 0 amide bonds.